The summed E-state index contributed by atoms with van der Waals surface area (Å²) in [4.78, 5) is 4.55. The molecule has 1 heterocycles. The molecular weight excluding hydrogens is 260 g/mol. The van der Waals surface area contributed by atoms with Crippen LogP contribution in [0.25, 0.3) is 10.9 Å². The molecule has 0 aliphatic heterocycles. The maximum Gasteiger partial charge on any atom is 0.145 e. The Morgan fingerprint density at radius 2 is 2.05 bits per heavy atom. The van der Waals surface area contributed by atoms with Gasteiger partial charge in [0, 0.05) is 16.6 Å². The summed E-state index contributed by atoms with van der Waals surface area (Å²) in [6, 6.07) is 5.81. The van der Waals surface area contributed by atoms with E-state index >= 15 is 0 Å². The first-order chi connectivity index (χ1) is 8.81. The highest BCUT2D eigenvalue weighted by molar-refractivity contribution is 6.35. The lowest BCUT2D eigenvalue weighted by Gasteiger charge is -2.20. The van der Waals surface area contributed by atoms with E-state index < -0.39 is 0 Å². The fourth-order valence-electron chi connectivity index (χ4n) is 2.26. The molecule has 0 spiro atoms. The van der Waals surface area contributed by atoms with Crippen LogP contribution in [0.3, 0.4) is 0 Å². The van der Waals surface area contributed by atoms with Gasteiger partial charge >= 0.3 is 0 Å². The summed E-state index contributed by atoms with van der Waals surface area (Å²) in [5.41, 5.74) is 8.59. The van der Waals surface area contributed by atoms with E-state index in [4.69, 9.17) is 22.1 Å². The lowest BCUT2D eigenvalue weighted by molar-refractivity contribution is 0.418. The van der Waals surface area contributed by atoms with Crippen molar-refractivity contribution in [3.8, 4) is 5.75 Å². The summed E-state index contributed by atoms with van der Waals surface area (Å²) < 4.78 is 5.37. The number of nitrogens with zero attached hydrogens (tertiary/aromatic N) is 1. The summed E-state index contributed by atoms with van der Waals surface area (Å²) in [7, 11) is 1.64. The van der Waals surface area contributed by atoms with Crippen LogP contribution in [0.4, 0.5) is 0 Å². The van der Waals surface area contributed by atoms with Crippen LogP contribution in [-0.2, 0) is 6.42 Å². The van der Waals surface area contributed by atoms with Crippen molar-refractivity contribution >= 4 is 22.5 Å². The fourth-order valence-corrected chi connectivity index (χ4v) is 2.63. The van der Waals surface area contributed by atoms with Gasteiger partial charge in [-0.25, -0.2) is 4.98 Å². The quantitative estimate of drug-likeness (QED) is 0.935. The van der Waals surface area contributed by atoms with Crippen molar-refractivity contribution in [3.05, 3.63) is 34.5 Å². The highest BCUT2D eigenvalue weighted by atomic mass is 35.5. The van der Waals surface area contributed by atoms with E-state index in [-0.39, 0.29) is 5.54 Å². The topological polar surface area (TPSA) is 48.1 Å². The molecule has 2 rings (SSSR count). The normalized spacial score (nSPS) is 11.9. The summed E-state index contributed by atoms with van der Waals surface area (Å²) in [6.45, 7) is 5.92. The molecule has 2 aromatic rings. The number of hydrogen-bond acceptors (Lipinski definition) is 3. The van der Waals surface area contributed by atoms with Gasteiger partial charge in [0.15, 0.2) is 0 Å². The van der Waals surface area contributed by atoms with Crippen LogP contribution in [0.5, 0.6) is 5.75 Å². The van der Waals surface area contributed by atoms with Crippen LogP contribution < -0.4 is 10.5 Å². The Kier molecular flexibility index (Phi) is 3.70. The molecule has 0 saturated carbocycles. The van der Waals surface area contributed by atoms with Gasteiger partial charge in [0.05, 0.1) is 12.1 Å². The Balaban J connectivity index is 2.74. The molecule has 0 aliphatic carbocycles. The molecule has 1 aromatic carbocycles. The maximum atomic E-state index is 6.39. The molecule has 1 aromatic heterocycles. The first kappa shape index (κ1) is 14.1. The first-order valence-corrected chi connectivity index (χ1v) is 6.61. The van der Waals surface area contributed by atoms with E-state index in [0.717, 1.165) is 34.3 Å². The predicted molar refractivity (Wildman–Crippen MR) is 80.0 cm³/mol. The summed E-state index contributed by atoms with van der Waals surface area (Å²) in [6.07, 6.45) is 0.734. The average Bonchev–Trinajstić information content (AvgIpc) is 2.26. The fraction of sp³-hybridized carbons (Fsp3) is 0.400. The third-order valence-corrected chi connectivity index (χ3v) is 3.25. The van der Waals surface area contributed by atoms with Crippen LogP contribution in [0.2, 0.25) is 5.02 Å². The number of fused-ring (bicyclic) bond motifs is 1. The standard InChI is InChI=1S/C15H19ClN2O/c1-9-7-11(16)13-10(8-15(2,3)17)5-6-12(19-4)14(13)18-9/h5-7H,8,17H2,1-4H3. The highest BCUT2D eigenvalue weighted by Crippen LogP contribution is 2.34. The third kappa shape index (κ3) is 2.99. The number of rotatable bonds is 3. The molecule has 19 heavy (non-hydrogen) atoms. The van der Waals surface area contributed by atoms with Crippen LogP contribution in [-0.4, -0.2) is 17.6 Å². The number of methoxy groups -OCH3 is 1. The lowest BCUT2D eigenvalue weighted by atomic mass is 9.93. The minimum Gasteiger partial charge on any atom is -0.494 e. The van der Waals surface area contributed by atoms with E-state index in [2.05, 4.69) is 4.98 Å². The Bertz CT molecular complexity index is 618. The molecule has 102 valence electrons. The molecule has 0 unspecified atom stereocenters. The molecule has 0 saturated heterocycles. The molecule has 4 heteroatoms. The zero-order valence-electron chi connectivity index (χ0n) is 11.7. The van der Waals surface area contributed by atoms with Crippen molar-refractivity contribution in [1.82, 2.24) is 4.98 Å². The lowest BCUT2D eigenvalue weighted by Crippen LogP contribution is -2.34. The maximum absolute atomic E-state index is 6.39. The van der Waals surface area contributed by atoms with Gasteiger partial charge in [-0.05, 0) is 44.9 Å². The SMILES string of the molecule is COc1ccc(CC(C)(C)N)c2c(Cl)cc(C)nc12. The molecule has 0 amide bonds. The number of halogens is 1. The second-order valence-corrected chi connectivity index (χ2v) is 5.97. The van der Waals surface area contributed by atoms with E-state index in [1.54, 1.807) is 7.11 Å². The van der Waals surface area contributed by atoms with Crippen molar-refractivity contribution in [2.45, 2.75) is 32.7 Å². The molecule has 0 bridgehead atoms. The van der Waals surface area contributed by atoms with Crippen molar-refractivity contribution in [1.29, 1.82) is 0 Å². The van der Waals surface area contributed by atoms with Crippen LogP contribution >= 0.6 is 11.6 Å². The Morgan fingerprint density at radius 1 is 1.37 bits per heavy atom. The Hall–Kier alpha value is -1.32. The van der Waals surface area contributed by atoms with Gasteiger partial charge in [0.1, 0.15) is 11.3 Å². The number of nitrogens with two attached hydrogens (primary N) is 1. The van der Waals surface area contributed by atoms with E-state index in [1.807, 2.05) is 39.0 Å². The number of aryl methyl sites for hydroxylation is 1. The second kappa shape index (κ2) is 4.99. The van der Waals surface area contributed by atoms with E-state index in [0.29, 0.717) is 5.02 Å². The van der Waals surface area contributed by atoms with Crippen molar-refractivity contribution < 1.29 is 4.74 Å². The van der Waals surface area contributed by atoms with Crippen molar-refractivity contribution in [3.63, 3.8) is 0 Å². The summed E-state index contributed by atoms with van der Waals surface area (Å²) in [5.74, 6) is 0.735. The number of aromatic nitrogens is 1. The van der Waals surface area contributed by atoms with Gasteiger partial charge in [0.25, 0.3) is 0 Å². The largest absolute Gasteiger partial charge is 0.494 e. The monoisotopic (exact) mass is 278 g/mol. The van der Waals surface area contributed by atoms with Gasteiger partial charge in [0.2, 0.25) is 0 Å². The van der Waals surface area contributed by atoms with Gasteiger partial charge in [-0.3, -0.25) is 0 Å². The summed E-state index contributed by atoms with van der Waals surface area (Å²) >= 11 is 6.39. The van der Waals surface area contributed by atoms with Gasteiger partial charge in [-0.1, -0.05) is 17.7 Å². The van der Waals surface area contributed by atoms with Gasteiger partial charge in [-0.15, -0.1) is 0 Å². The summed E-state index contributed by atoms with van der Waals surface area (Å²) in [5, 5.41) is 1.63. The Labute approximate surface area is 118 Å². The third-order valence-electron chi connectivity index (χ3n) is 2.96. The molecule has 3 nitrogen and oxygen atoms in total. The highest BCUT2D eigenvalue weighted by Gasteiger charge is 2.17. The smallest absolute Gasteiger partial charge is 0.145 e. The van der Waals surface area contributed by atoms with Gasteiger partial charge < -0.3 is 10.5 Å². The van der Waals surface area contributed by atoms with Crippen LogP contribution in [0.15, 0.2) is 18.2 Å². The molecule has 0 atom stereocenters. The first-order valence-electron chi connectivity index (χ1n) is 6.23. The molecule has 2 N–H and O–H groups in total. The van der Waals surface area contributed by atoms with Crippen molar-refractivity contribution in [2.75, 3.05) is 7.11 Å². The second-order valence-electron chi connectivity index (χ2n) is 5.56. The van der Waals surface area contributed by atoms with E-state index in [1.165, 1.54) is 0 Å². The minimum absolute atomic E-state index is 0.296. The number of benzene rings is 1. The molecule has 0 fully saturated rings. The number of hydrogen-bond donors (Lipinski definition) is 1. The van der Waals surface area contributed by atoms with Crippen LogP contribution in [0.1, 0.15) is 25.1 Å². The van der Waals surface area contributed by atoms with Gasteiger partial charge in [-0.2, -0.15) is 0 Å². The zero-order chi connectivity index (χ0) is 14.2. The average molecular weight is 279 g/mol. The zero-order valence-corrected chi connectivity index (χ0v) is 12.5. The van der Waals surface area contributed by atoms with Crippen LogP contribution in [0, 0.1) is 6.92 Å². The Morgan fingerprint density at radius 3 is 2.63 bits per heavy atom. The van der Waals surface area contributed by atoms with Crippen molar-refractivity contribution in [2.24, 2.45) is 5.73 Å². The molecular formula is C15H19ClN2O. The predicted octanol–water partition coefficient (Wildman–Crippen LogP) is 3.49. The minimum atomic E-state index is -0.296. The number of pyridine rings is 1. The van der Waals surface area contributed by atoms with E-state index in [9.17, 15) is 0 Å². The molecule has 0 radical (unpaired) electrons. The molecule has 0 aliphatic rings. The number of ether oxygens (including phenoxy) is 1.